The molecule has 0 aliphatic carbocycles. The van der Waals surface area contributed by atoms with Crippen molar-refractivity contribution in [1.29, 1.82) is 0 Å². The number of amides is 1. The fraction of sp³-hybridized carbons (Fsp3) is 0.0909. The van der Waals surface area contributed by atoms with Crippen LogP contribution in [0.25, 0.3) is 6.08 Å². The standard InChI is InChI=1S/C11H9NO2S2/c1-12-10(14)9(16-11(12)15)6-7-4-2-3-5-8(7)13/h2-6,13H,1H3/b9-6-. The molecule has 16 heavy (non-hydrogen) atoms. The van der Waals surface area contributed by atoms with Crippen LogP contribution in [0, 0.1) is 0 Å². The van der Waals surface area contributed by atoms with Crippen LogP contribution in [0.4, 0.5) is 0 Å². The van der Waals surface area contributed by atoms with Crippen molar-refractivity contribution in [3.05, 3.63) is 34.7 Å². The van der Waals surface area contributed by atoms with Gasteiger partial charge in [-0.15, -0.1) is 0 Å². The molecule has 0 bridgehead atoms. The molecule has 0 spiro atoms. The summed E-state index contributed by atoms with van der Waals surface area (Å²) in [7, 11) is 1.64. The zero-order chi connectivity index (χ0) is 11.7. The summed E-state index contributed by atoms with van der Waals surface area (Å²) in [6, 6.07) is 6.87. The minimum Gasteiger partial charge on any atom is -0.507 e. The normalized spacial score (nSPS) is 18.6. The lowest BCUT2D eigenvalue weighted by atomic mass is 10.2. The van der Waals surface area contributed by atoms with Gasteiger partial charge in [0.25, 0.3) is 5.91 Å². The van der Waals surface area contributed by atoms with Gasteiger partial charge in [0.2, 0.25) is 0 Å². The van der Waals surface area contributed by atoms with Crippen LogP contribution in [0.1, 0.15) is 5.56 Å². The largest absolute Gasteiger partial charge is 0.507 e. The van der Waals surface area contributed by atoms with E-state index >= 15 is 0 Å². The van der Waals surface area contributed by atoms with Gasteiger partial charge in [0, 0.05) is 12.6 Å². The third-order valence-corrected chi connectivity index (χ3v) is 3.69. The van der Waals surface area contributed by atoms with Gasteiger partial charge in [-0.25, -0.2) is 0 Å². The average Bonchev–Trinajstić information content (AvgIpc) is 2.50. The van der Waals surface area contributed by atoms with Crippen LogP contribution < -0.4 is 0 Å². The summed E-state index contributed by atoms with van der Waals surface area (Å²) >= 11 is 6.25. The Hall–Kier alpha value is -1.33. The highest BCUT2D eigenvalue weighted by atomic mass is 32.2. The third kappa shape index (κ3) is 1.96. The van der Waals surface area contributed by atoms with E-state index in [2.05, 4.69) is 0 Å². The summed E-state index contributed by atoms with van der Waals surface area (Å²) in [5.41, 5.74) is 0.622. The molecule has 0 saturated carbocycles. The van der Waals surface area contributed by atoms with E-state index in [0.29, 0.717) is 14.8 Å². The van der Waals surface area contributed by atoms with Crippen molar-refractivity contribution in [2.45, 2.75) is 0 Å². The number of thioether (sulfide) groups is 1. The number of phenols is 1. The number of aromatic hydroxyl groups is 1. The Labute approximate surface area is 103 Å². The number of benzene rings is 1. The van der Waals surface area contributed by atoms with Crippen LogP contribution >= 0.6 is 24.0 Å². The maximum Gasteiger partial charge on any atom is 0.265 e. The summed E-state index contributed by atoms with van der Waals surface area (Å²) in [6.07, 6.45) is 1.65. The third-order valence-electron chi connectivity index (χ3n) is 2.21. The maximum atomic E-state index is 11.7. The lowest BCUT2D eigenvalue weighted by molar-refractivity contribution is -0.121. The Bertz CT molecular complexity index is 497. The number of likely N-dealkylation sites (N-methyl/N-ethyl adjacent to an activating group) is 1. The number of hydrogen-bond donors (Lipinski definition) is 1. The molecule has 1 aliphatic rings. The first kappa shape index (κ1) is 11.2. The Morgan fingerprint density at radius 2 is 2.12 bits per heavy atom. The predicted molar refractivity (Wildman–Crippen MR) is 69.0 cm³/mol. The SMILES string of the molecule is CN1C(=O)/C(=C/c2ccccc2O)SC1=S. The smallest absolute Gasteiger partial charge is 0.265 e. The molecule has 0 aromatic heterocycles. The lowest BCUT2D eigenvalue weighted by Crippen LogP contribution is -2.22. The summed E-state index contributed by atoms with van der Waals surface area (Å²) in [6.45, 7) is 0. The molecule has 1 fully saturated rings. The van der Waals surface area contributed by atoms with Gasteiger partial charge in [0.05, 0.1) is 4.91 Å². The monoisotopic (exact) mass is 251 g/mol. The molecule has 1 aromatic carbocycles. The van der Waals surface area contributed by atoms with Crippen molar-refractivity contribution in [2.75, 3.05) is 7.05 Å². The fourth-order valence-corrected chi connectivity index (χ4v) is 2.47. The Kier molecular flexibility index (Phi) is 2.98. The summed E-state index contributed by atoms with van der Waals surface area (Å²) < 4.78 is 0.534. The van der Waals surface area contributed by atoms with Gasteiger partial charge in [0.15, 0.2) is 0 Å². The molecular formula is C11H9NO2S2. The van der Waals surface area contributed by atoms with E-state index < -0.39 is 0 Å². The number of rotatable bonds is 1. The predicted octanol–water partition coefficient (Wildman–Crippen LogP) is 2.22. The van der Waals surface area contributed by atoms with Gasteiger partial charge in [-0.1, -0.05) is 42.2 Å². The van der Waals surface area contributed by atoms with Gasteiger partial charge >= 0.3 is 0 Å². The molecule has 1 amide bonds. The highest BCUT2D eigenvalue weighted by Gasteiger charge is 2.28. The topological polar surface area (TPSA) is 40.5 Å². The van der Waals surface area contributed by atoms with Gasteiger partial charge in [0.1, 0.15) is 10.1 Å². The number of hydrogen-bond acceptors (Lipinski definition) is 4. The minimum atomic E-state index is -0.127. The molecule has 1 aliphatic heterocycles. The summed E-state index contributed by atoms with van der Waals surface area (Å²) in [5, 5.41) is 9.58. The van der Waals surface area contributed by atoms with Crippen LogP contribution in [-0.4, -0.2) is 27.3 Å². The zero-order valence-electron chi connectivity index (χ0n) is 8.51. The quantitative estimate of drug-likeness (QED) is 0.614. The molecule has 1 heterocycles. The lowest BCUT2D eigenvalue weighted by Gasteiger charge is -2.03. The molecule has 3 nitrogen and oxygen atoms in total. The fourth-order valence-electron chi connectivity index (χ4n) is 1.30. The molecule has 0 radical (unpaired) electrons. The molecular weight excluding hydrogens is 242 g/mol. The number of carbonyl (C=O) groups excluding carboxylic acids is 1. The Morgan fingerprint density at radius 1 is 1.44 bits per heavy atom. The van der Waals surface area contributed by atoms with Crippen LogP contribution in [0.2, 0.25) is 0 Å². The molecule has 82 valence electrons. The Morgan fingerprint density at radius 3 is 2.69 bits per heavy atom. The highest BCUT2D eigenvalue weighted by Crippen LogP contribution is 2.32. The van der Waals surface area contributed by atoms with Crippen molar-refractivity contribution in [3.8, 4) is 5.75 Å². The average molecular weight is 251 g/mol. The van der Waals surface area contributed by atoms with Crippen LogP contribution in [0.5, 0.6) is 5.75 Å². The number of nitrogens with zero attached hydrogens (tertiary/aromatic N) is 1. The second-order valence-corrected chi connectivity index (χ2v) is 4.98. The highest BCUT2D eigenvalue weighted by molar-refractivity contribution is 8.26. The summed E-state index contributed by atoms with van der Waals surface area (Å²) in [5.74, 6) is 0.0297. The molecule has 0 unspecified atom stereocenters. The van der Waals surface area contributed by atoms with E-state index in [4.69, 9.17) is 12.2 Å². The second-order valence-electron chi connectivity index (χ2n) is 3.30. The number of thiocarbonyl (C=S) groups is 1. The molecule has 1 saturated heterocycles. The van der Waals surface area contributed by atoms with Gasteiger partial charge in [-0.05, 0) is 12.1 Å². The van der Waals surface area contributed by atoms with E-state index in [1.54, 1.807) is 37.4 Å². The van der Waals surface area contributed by atoms with Gasteiger partial charge < -0.3 is 5.11 Å². The molecule has 5 heteroatoms. The molecule has 1 N–H and O–H groups in total. The van der Waals surface area contributed by atoms with Crippen molar-refractivity contribution < 1.29 is 9.90 Å². The second kappa shape index (κ2) is 4.27. The first-order valence-electron chi connectivity index (χ1n) is 4.59. The van der Waals surface area contributed by atoms with E-state index in [0.717, 1.165) is 0 Å². The number of carbonyl (C=O) groups is 1. The molecule has 0 atom stereocenters. The van der Waals surface area contributed by atoms with Crippen molar-refractivity contribution in [1.82, 2.24) is 4.90 Å². The van der Waals surface area contributed by atoms with Crippen molar-refractivity contribution >= 4 is 40.3 Å². The molecule has 2 rings (SSSR count). The Balaban J connectivity index is 2.37. The van der Waals surface area contributed by atoms with Crippen LogP contribution in [-0.2, 0) is 4.79 Å². The van der Waals surface area contributed by atoms with Crippen molar-refractivity contribution in [3.63, 3.8) is 0 Å². The maximum absolute atomic E-state index is 11.7. The minimum absolute atomic E-state index is 0.127. The number of para-hydroxylation sites is 1. The van der Waals surface area contributed by atoms with Crippen molar-refractivity contribution in [2.24, 2.45) is 0 Å². The van der Waals surface area contributed by atoms with E-state index in [1.807, 2.05) is 0 Å². The first-order valence-corrected chi connectivity index (χ1v) is 5.81. The van der Waals surface area contributed by atoms with E-state index in [9.17, 15) is 9.90 Å². The van der Waals surface area contributed by atoms with Gasteiger partial charge in [-0.3, -0.25) is 9.69 Å². The van der Waals surface area contributed by atoms with E-state index in [-0.39, 0.29) is 11.7 Å². The van der Waals surface area contributed by atoms with Gasteiger partial charge in [-0.2, -0.15) is 0 Å². The number of phenolic OH excluding ortho intramolecular Hbond substituents is 1. The van der Waals surface area contributed by atoms with Crippen LogP contribution in [0.3, 0.4) is 0 Å². The summed E-state index contributed by atoms with van der Waals surface area (Å²) in [4.78, 5) is 13.7. The zero-order valence-corrected chi connectivity index (χ0v) is 10.1. The van der Waals surface area contributed by atoms with Crippen LogP contribution in [0.15, 0.2) is 29.2 Å². The van der Waals surface area contributed by atoms with E-state index in [1.165, 1.54) is 16.7 Å². The molecule has 1 aromatic rings. The first-order chi connectivity index (χ1) is 7.59.